The van der Waals surface area contributed by atoms with Gasteiger partial charge in [-0.05, 0) is 19.3 Å². The molecule has 2 rings (SSSR count). The van der Waals surface area contributed by atoms with E-state index >= 15 is 0 Å². The summed E-state index contributed by atoms with van der Waals surface area (Å²) in [5.41, 5.74) is 0. The lowest BCUT2D eigenvalue weighted by Crippen LogP contribution is -2.53. The van der Waals surface area contributed by atoms with Crippen molar-refractivity contribution in [3.05, 3.63) is 0 Å². The van der Waals surface area contributed by atoms with Crippen molar-refractivity contribution in [3.8, 4) is 0 Å². The molecule has 1 aliphatic carbocycles. The lowest BCUT2D eigenvalue weighted by Gasteiger charge is -2.39. The molecule has 8 heteroatoms. The molecular formula is C14H23F3N2O3. The zero-order valence-corrected chi connectivity index (χ0v) is 12.5. The van der Waals surface area contributed by atoms with Crippen LogP contribution in [0.15, 0.2) is 0 Å². The summed E-state index contributed by atoms with van der Waals surface area (Å²) >= 11 is 0. The van der Waals surface area contributed by atoms with Gasteiger partial charge in [-0.3, -0.25) is 9.69 Å². The second-order valence-electron chi connectivity index (χ2n) is 5.90. The van der Waals surface area contributed by atoms with E-state index in [0.29, 0.717) is 26.2 Å². The van der Waals surface area contributed by atoms with E-state index in [1.54, 1.807) is 4.90 Å². The number of ether oxygens (including phenoxy) is 1. The Kier molecular flexibility index (Phi) is 6.05. The topological polar surface area (TPSA) is 53.0 Å². The number of aliphatic hydroxyl groups is 1. The summed E-state index contributed by atoms with van der Waals surface area (Å²) in [6.07, 6.45) is -1.81. The maximum absolute atomic E-state index is 11.9. The van der Waals surface area contributed by atoms with Gasteiger partial charge in [-0.2, -0.15) is 13.2 Å². The Morgan fingerprint density at radius 1 is 1.18 bits per heavy atom. The summed E-state index contributed by atoms with van der Waals surface area (Å²) in [5, 5.41) is 9.89. The maximum Gasteiger partial charge on any atom is 0.411 e. The van der Waals surface area contributed by atoms with Gasteiger partial charge in [0, 0.05) is 32.2 Å². The molecule has 2 aliphatic rings. The van der Waals surface area contributed by atoms with Gasteiger partial charge in [0.05, 0.1) is 19.1 Å². The molecule has 2 fully saturated rings. The van der Waals surface area contributed by atoms with Gasteiger partial charge in [-0.25, -0.2) is 0 Å². The fourth-order valence-electron chi connectivity index (χ4n) is 3.16. The van der Waals surface area contributed by atoms with Gasteiger partial charge in [-0.15, -0.1) is 0 Å². The maximum atomic E-state index is 11.9. The molecule has 22 heavy (non-hydrogen) atoms. The normalized spacial score (nSPS) is 27.4. The summed E-state index contributed by atoms with van der Waals surface area (Å²) in [6, 6.07) is 0.187. The number of carbonyl (C=O) groups excluding carboxylic acids is 1. The van der Waals surface area contributed by atoms with Gasteiger partial charge in [0.1, 0.15) is 6.61 Å². The first-order valence-corrected chi connectivity index (χ1v) is 7.71. The predicted molar refractivity (Wildman–Crippen MR) is 73.3 cm³/mol. The first-order chi connectivity index (χ1) is 10.4. The molecule has 0 spiro atoms. The summed E-state index contributed by atoms with van der Waals surface area (Å²) in [4.78, 5) is 15.8. The molecule has 1 heterocycles. The van der Waals surface area contributed by atoms with E-state index in [-0.39, 0.29) is 31.1 Å². The van der Waals surface area contributed by atoms with E-state index in [1.165, 1.54) is 0 Å². The fourth-order valence-corrected chi connectivity index (χ4v) is 3.16. The molecule has 2 atom stereocenters. The second-order valence-corrected chi connectivity index (χ2v) is 5.90. The number of hydrogen-bond acceptors (Lipinski definition) is 4. The minimum atomic E-state index is -4.35. The largest absolute Gasteiger partial charge is 0.411 e. The highest BCUT2D eigenvalue weighted by atomic mass is 19.4. The number of amides is 1. The zero-order chi connectivity index (χ0) is 16.2. The Morgan fingerprint density at radius 3 is 2.41 bits per heavy atom. The molecular weight excluding hydrogens is 301 g/mol. The molecule has 5 nitrogen and oxygen atoms in total. The number of piperazine rings is 1. The molecule has 0 radical (unpaired) electrons. The third-order valence-corrected chi connectivity index (χ3v) is 4.31. The van der Waals surface area contributed by atoms with Crippen LogP contribution >= 0.6 is 0 Å². The van der Waals surface area contributed by atoms with E-state index in [9.17, 15) is 23.1 Å². The lowest BCUT2D eigenvalue weighted by molar-refractivity contribution is -0.175. The average Bonchev–Trinajstić information content (AvgIpc) is 2.89. The van der Waals surface area contributed by atoms with E-state index in [4.69, 9.17) is 0 Å². The Balaban J connectivity index is 1.64. The minimum absolute atomic E-state index is 0.0257. The first-order valence-electron chi connectivity index (χ1n) is 7.71. The summed E-state index contributed by atoms with van der Waals surface area (Å²) in [6.45, 7) is 1.00. The van der Waals surface area contributed by atoms with E-state index in [1.807, 2.05) is 0 Å². The van der Waals surface area contributed by atoms with Crippen molar-refractivity contribution < 1.29 is 27.8 Å². The Labute approximate surface area is 128 Å². The molecule has 1 aliphatic heterocycles. The second kappa shape index (κ2) is 7.61. The minimum Gasteiger partial charge on any atom is -0.391 e. The number of hydrogen-bond donors (Lipinski definition) is 1. The van der Waals surface area contributed by atoms with Crippen LogP contribution in [0.25, 0.3) is 0 Å². The predicted octanol–water partition coefficient (Wildman–Crippen LogP) is 1.01. The smallest absolute Gasteiger partial charge is 0.391 e. The summed E-state index contributed by atoms with van der Waals surface area (Å²) < 4.78 is 40.2. The van der Waals surface area contributed by atoms with Gasteiger partial charge >= 0.3 is 6.18 Å². The highest BCUT2D eigenvalue weighted by Crippen LogP contribution is 2.25. The molecule has 1 N–H and O–H groups in total. The molecule has 0 bridgehead atoms. The van der Waals surface area contributed by atoms with Crippen LogP contribution in [0.1, 0.15) is 25.7 Å². The molecule has 1 amide bonds. The number of alkyl halides is 3. The average molecular weight is 324 g/mol. The molecule has 128 valence electrons. The SMILES string of the molecule is O=C(CCOCC(F)(F)F)N1CCN([C@H]2CCC[C@H]2O)CC1. The third-order valence-electron chi connectivity index (χ3n) is 4.31. The van der Waals surface area contributed by atoms with Crippen LogP contribution in [0.4, 0.5) is 13.2 Å². The number of aliphatic hydroxyl groups excluding tert-OH is 1. The van der Waals surface area contributed by atoms with Gasteiger partial charge in [0.15, 0.2) is 0 Å². The third kappa shape index (κ3) is 5.10. The van der Waals surface area contributed by atoms with Gasteiger partial charge in [0.2, 0.25) is 5.91 Å². The fraction of sp³-hybridized carbons (Fsp3) is 0.929. The molecule has 0 aromatic carbocycles. The Bertz CT molecular complexity index is 371. The zero-order valence-electron chi connectivity index (χ0n) is 12.5. The van der Waals surface area contributed by atoms with Crippen molar-refractivity contribution in [2.24, 2.45) is 0 Å². The van der Waals surface area contributed by atoms with Crippen LogP contribution in [0, 0.1) is 0 Å². The van der Waals surface area contributed by atoms with Crippen LogP contribution in [0.3, 0.4) is 0 Å². The molecule has 0 aromatic heterocycles. The monoisotopic (exact) mass is 324 g/mol. The Hall–Kier alpha value is -0.860. The highest BCUT2D eigenvalue weighted by molar-refractivity contribution is 5.76. The van der Waals surface area contributed by atoms with Crippen molar-refractivity contribution in [2.45, 2.75) is 44.0 Å². The molecule has 0 aromatic rings. The van der Waals surface area contributed by atoms with E-state index in [2.05, 4.69) is 9.64 Å². The number of rotatable bonds is 5. The van der Waals surface area contributed by atoms with Crippen molar-refractivity contribution in [2.75, 3.05) is 39.4 Å². The summed E-state index contributed by atoms with van der Waals surface area (Å²) in [7, 11) is 0. The van der Waals surface area contributed by atoms with Crippen LogP contribution < -0.4 is 0 Å². The molecule has 1 saturated carbocycles. The number of halogens is 3. The number of nitrogens with zero attached hydrogens (tertiary/aromatic N) is 2. The standard InChI is InChI=1S/C14H23F3N2O3/c15-14(16,17)10-22-9-4-13(21)19-7-5-18(6-8-19)11-2-1-3-12(11)20/h11-12,20H,1-10H2/t11-,12+/m0/s1. The van der Waals surface area contributed by atoms with Crippen LogP contribution in [-0.2, 0) is 9.53 Å². The van der Waals surface area contributed by atoms with Gasteiger partial charge in [-0.1, -0.05) is 0 Å². The van der Waals surface area contributed by atoms with Crippen molar-refractivity contribution >= 4 is 5.91 Å². The summed E-state index contributed by atoms with van der Waals surface area (Å²) in [5.74, 6) is -0.172. The van der Waals surface area contributed by atoms with Gasteiger partial charge < -0.3 is 14.7 Å². The van der Waals surface area contributed by atoms with Gasteiger partial charge in [0.25, 0.3) is 0 Å². The van der Waals surface area contributed by atoms with E-state index < -0.39 is 12.8 Å². The number of carbonyl (C=O) groups is 1. The first kappa shape index (κ1) is 17.5. The van der Waals surface area contributed by atoms with Crippen molar-refractivity contribution in [1.82, 2.24) is 9.80 Å². The quantitative estimate of drug-likeness (QED) is 0.767. The molecule has 1 saturated heterocycles. The Morgan fingerprint density at radius 2 is 1.86 bits per heavy atom. The van der Waals surface area contributed by atoms with E-state index in [0.717, 1.165) is 19.3 Å². The molecule has 0 unspecified atom stereocenters. The van der Waals surface area contributed by atoms with Crippen LogP contribution in [-0.4, -0.2) is 78.5 Å². The highest BCUT2D eigenvalue weighted by Gasteiger charge is 2.33. The van der Waals surface area contributed by atoms with Crippen LogP contribution in [0.5, 0.6) is 0 Å². The van der Waals surface area contributed by atoms with Crippen molar-refractivity contribution in [1.29, 1.82) is 0 Å². The van der Waals surface area contributed by atoms with Crippen molar-refractivity contribution in [3.63, 3.8) is 0 Å². The van der Waals surface area contributed by atoms with Crippen LogP contribution in [0.2, 0.25) is 0 Å². The lowest BCUT2D eigenvalue weighted by atomic mass is 10.1.